The summed E-state index contributed by atoms with van der Waals surface area (Å²) in [6.45, 7) is 0.671. The second-order valence-electron chi connectivity index (χ2n) is 5.14. The summed E-state index contributed by atoms with van der Waals surface area (Å²) >= 11 is 4.95. The van der Waals surface area contributed by atoms with Crippen LogP contribution in [0.4, 0.5) is 5.13 Å². The fraction of sp³-hybridized carbons (Fsp3) is 0.118. The van der Waals surface area contributed by atoms with Gasteiger partial charge in [-0.25, -0.2) is 4.98 Å². The van der Waals surface area contributed by atoms with Crippen LogP contribution in [0.3, 0.4) is 0 Å². The van der Waals surface area contributed by atoms with Crippen LogP contribution in [0.25, 0.3) is 9.88 Å². The monoisotopic (exact) mass is 370 g/mol. The van der Waals surface area contributed by atoms with Gasteiger partial charge in [0.2, 0.25) is 5.13 Å². The summed E-state index contributed by atoms with van der Waals surface area (Å²) in [7, 11) is 0. The van der Waals surface area contributed by atoms with Crippen molar-refractivity contribution in [1.82, 2.24) is 15.2 Å². The summed E-state index contributed by atoms with van der Waals surface area (Å²) in [5, 5.41) is 18.8. The first-order chi connectivity index (χ1) is 11.9. The smallest absolute Gasteiger partial charge is 0.206 e. The second-order valence-corrected chi connectivity index (χ2v) is 8.01. The fourth-order valence-electron chi connectivity index (χ4n) is 2.24. The minimum atomic E-state index is 0.671. The van der Waals surface area contributed by atoms with Crippen molar-refractivity contribution < 1.29 is 0 Å². The normalized spacial score (nSPS) is 10.8. The van der Waals surface area contributed by atoms with Crippen molar-refractivity contribution in [2.24, 2.45) is 0 Å². The van der Waals surface area contributed by atoms with Crippen molar-refractivity contribution in [3.8, 4) is 9.88 Å². The molecule has 0 aliphatic heterocycles. The summed E-state index contributed by atoms with van der Waals surface area (Å²) in [6, 6.07) is 14.5. The lowest BCUT2D eigenvalue weighted by molar-refractivity contribution is 1.00. The van der Waals surface area contributed by atoms with Crippen LogP contribution in [0.5, 0.6) is 0 Å². The summed E-state index contributed by atoms with van der Waals surface area (Å²) < 4.78 is 0. The van der Waals surface area contributed by atoms with Crippen LogP contribution in [0.1, 0.15) is 16.3 Å². The molecule has 0 aliphatic carbocycles. The molecule has 0 aliphatic rings. The van der Waals surface area contributed by atoms with Crippen LogP contribution in [0.15, 0.2) is 53.2 Å². The summed E-state index contributed by atoms with van der Waals surface area (Å²) in [5.74, 6) is 0. The summed E-state index contributed by atoms with van der Waals surface area (Å²) in [6.07, 6.45) is 0.882. The number of hydrogen-bond acceptors (Lipinski definition) is 7. The van der Waals surface area contributed by atoms with Gasteiger partial charge in [-0.1, -0.05) is 47.7 Å². The highest BCUT2D eigenvalue weighted by Crippen LogP contribution is 2.29. The Kier molecular flexibility index (Phi) is 4.64. The molecule has 3 aromatic heterocycles. The quantitative estimate of drug-likeness (QED) is 0.523. The lowest BCUT2D eigenvalue weighted by Gasteiger charge is -1.98. The first-order valence-corrected chi connectivity index (χ1v) is 10.0. The number of thiophene rings is 1. The molecule has 0 bridgehead atoms. The first kappa shape index (κ1) is 15.4. The number of benzene rings is 1. The van der Waals surface area contributed by atoms with Crippen molar-refractivity contribution in [1.29, 1.82) is 0 Å². The van der Waals surface area contributed by atoms with E-state index in [1.807, 2.05) is 17.5 Å². The average Bonchev–Trinajstić information content (AvgIpc) is 3.35. The third-order valence-electron chi connectivity index (χ3n) is 3.38. The molecule has 0 saturated carbocycles. The molecule has 4 rings (SSSR count). The van der Waals surface area contributed by atoms with Gasteiger partial charge < -0.3 is 5.32 Å². The predicted octanol–water partition coefficient (Wildman–Crippen LogP) is 4.93. The maximum atomic E-state index is 4.69. The SMILES string of the molecule is c1ccc(Cc2nc(CNc3nnc(-c4cccs4)s3)cs2)cc1. The van der Waals surface area contributed by atoms with E-state index in [0.717, 1.165) is 32.1 Å². The van der Waals surface area contributed by atoms with E-state index >= 15 is 0 Å². The van der Waals surface area contributed by atoms with Crippen LogP contribution in [-0.4, -0.2) is 15.2 Å². The van der Waals surface area contributed by atoms with Crippen molar-refractivity contribution >= 4 is 39.1 Å². The van der Waals surface area contributed by atoms with Gasteiger partial charge in [0.25, 0.3) is 0 Å². The van der Waals surface area contributed by atoms with Crippen LogP contribution < -0.4 is 5.32 Å². The molecule has 4 nitrogen and oxygen atoms in total. The largest absolute Gasteiger partial charge is 0.354 e. The van der Waals surface area contributed by atoms with Gasteiger partial charge in [0.05, 0.1) is 22.1 Å². The second kappa shape index (κ2) is 7.21. The van der Waals surface area contributed by atoms with Crippen molar-refractivity contribution in [2.45, 2.75) is 13.0 Å². The Bertz CT molecular complexity index is 897. The summed E-state index contributed by atoms with van der Waals surface area (Å²) in [5.41, 5.74) is 2.33. The minimum absolute atomic E-state index is 0.671. The molecule has 0 unspecified atom stereocenters. The molecule has 1 aromatic carbocycles. The molecule has 0 atom stereocenters. The van der Waals surface area contributed by atoms with Crippen LogP contribution in [0.2, 0.25) is 0 Å². The molecule has 120 valence electrons. The average molecular weight is 371 g/mol. The van der Waals surface area contributed by atoms with Crippen LogP contribution >= 0.6 is 34.0 Å². The number of hydrogen-bond donors (Lipinski definition) is 1. The van der Waals surface area contributed by atoms with Crippen LogP contribution in [-0.2, 0) is 13.0 Å². The Morgan fingerprint density at radius 2 is 1.88 bits per heavy atom. The Balaban J connectivity index is 1.36. The first-order valence-electron chi connectivity index (χ1n) is 7.45. The van der Waals surface area contributed by atoms with Gasteiger partial charge in [-0.05, 0) is 17.0 Å². The maximum absolute atomic E-state index is 4.69. The number of rotatable bonds is 6. The van der Waals surface area contributed by atoms with Crippen molar-refractivity contribution in [3.63, 3.8) is 0 Å². The third-order valence-corrected chi connectivity index (χ3v) is 6.19. The van der Waals surface area contributed by atoms with Gasteiger partial charge in [-0.15, -0.1) is 32.9 Å². The lowest BCUT2D eigenvalue weighted by atomic mass is 10.2. The van der Waals surface area contributed by atoms with Gasteiger partial charge >= 0.3 is 0 Å². The number of thiazole rings is 1. The van der Waals surface area contributed by atoms with E-state index in [-0.39, 0.29) is 0 Å². The topological polar surface area (TPSA) is 50.7 Å². The molecule has 1 N–H and O–H groups in total. The van der Waals surface area contributed by atoms with Gasteiger partial charge in [-0.3, -0.25) is 0 Å². The van der Waals surface area contributed by atoms with Gasteiger partial charge in [0, 0.05) is 11.8 Å². The zero-order valence-corrected chi connectivity index (χ0v) is 15.1. The zero-order chi connectivity index (χ0) is 16.2. The molecule has 0 saturated heterocycles. The molecule has 24 heavy (non-hydrogen) atoms. The molecular formula is C17H14N4S3. The highest BCUT2D eigenvalue weighted by Gasteiger charge is 2.08. The Morgan fingerprint density at radius 1 is 0.958 bits per heavy atom. The molecule has 0 fully saturated rings. The van der Waals surface area contributed by atoms with Crippen molar-refractivity contribution in [2.75, 3.05) is 5.32 Å². The van der Waals surface area contributed by atoms with Crippen LogP contribution in [0, 0.1) is 0 Å². The molecule has 3 heterocycles. The minimum Gasteiger partial charge on any atom is -0.354 e. The Hall–Kier alpha value is -2.09. The molecule has 0 amide bonds. The Morgan fingerprint density at radius 3 is 2.71 bits per heavy atom. The molecule has 7 heteroatoms. The van der Waals surface area contributed by atoms with E-state index in [2.05, 4.69) is 51.2 Å². The number of aromatic nitrogens is 3. The third kappa shape index (κ3) is 3.69. The van der Waals surface area contributed by atoms with E-state index in [0.29, 0.717) is 6.54 Å². The van der Waals surface area contributed by atoms with E-state index < -0.39 is 0 Å². The number of nitrogens with one attached hydrogen (secondary N) is 1. The molecule has 4 aromatic rings. The van der Waals surface area contributed by atoms with E-state index in [9.17, 15) is 0 Å². The highest BCUT2D eigenvalue weighted by molar-refractivity contribution is 7.22. The number of anilines is 1. The maximum Gasteiger partial charge on any atom is 0.206 e. The van der Waals surface area contributed by atoms with E-state index in [1.165, 1.54) is 5.56 Å². The van der Waals surface area contributed by atoms with Crippen molar-refractivity contribution in [3.05, 3.63) is 69.5 Å². The lowest BCUT2D eigenvalue weighted by Crippen LogP contribution is -1.99. The molecular weight excluding hydrogens is 356 g/mol. The fourth-order valence-corrected chi connectivity index (χ4v) is 4.60. The van der Waals surface area contributed by atoms with E-state index in [1.54, 1.807) is 34.0 Å². The predicted molar refractivity (Wildman–Crippen MR) is 102 cm³/mol. The van der Waals surface area contributed by atoms with E-state index in [4.69, 9.17) is 4.98 Å². The summed E-state index contributed by atoms with van der Waals surface area (Å²) in [4.78, 5) is 5.84. The standard InChI is InChI=1S/C17H14N4S3/c1-2-5-12(6-3-1)9-15-19-13(11-23-15)10-18-17-21-20-16(24-17)14-7-4-8-22-14/h1-8,11H,9-10H2,(H,18,21). The van der Waals surface area contributed by atoms with Gasteiger partial charge in [-0.2, -0.15) is 0 Å². The zero-order valence-electron chi connectivity index (χ0n) is 12.7. The Labute approximate surface area is 151 Å². The van der Waals surface area contributed by atoms with Gasteiger partial charge in [0.15, 0.2) is 5.01 Å². The molecule has 0 radical (unpaired) electrons. The number of nitrogens with zero attached hydrogens (tertiary/aromatic N) is 3. The molecule has 0 spiro atoms. The van der Waals surface area contributed by atoms with Gasteiger partial charge in [0.1, 0.15) is 0 Å². The highest BCUT2D eigenvalue weighted by atomic mass is 32.1.